The Morgan fingerprint density at radius 3 is 3.07 bits per heavy atom. The van der Waals surface area contributed by atoms with Gasteiger partial charge in [0.15, 0.2) is 5.82 Å². The van der Waals surface area contributed by atoms with E-state index in [0.29, 0.717) is 31.3 Å². The second-order valence-electron chi connectivity index (χ2n) is 4.27. The van der Waals surface area contributed by atoms with Crippen LogP contribution < -0.4 is 5.73 Å². The molecule has 1 aliphatic heterocycles. The Kier molecular flexibility index (Phi) is 3.02. The van der Waals surface area contributed by atoms with Crippen molar-refractivity contribution in [1.29, 1.82) is 0 Å². The van der Waals surface area contributed by atoms with Crippen LogP contribution in [0.1, 0.15) is 31.5 Å². The van der Waals surface area contributed by atoms with Gasteiger partial charge in [-0.25, -0.2) is 0 Å². The van der Waals surface area contributed by atoms with Crippen molar-refractivity contribution in [2.45, 2.75) is 31.6 Å². The topological polar surface area (TPSA) is 74.2 Å². The van der Waals surface area contributed by atoms with E-state index in [1.807, 2.05) is 0 Å². The van der Waals surface area contributed by atoms with E-state index in [1.165, 1.54) is 0 Å². The molecular weight excluding hydrogens is 194 g/mol. The molecule has 0 spiro atoms. The minimum absolute atomic E-state index is 0.113. The fourth-order valence-electron chi connectivity index (χ4n) is 1.83. The monoisotopic (exact) mass is 211 g/mol. The van der Waals surface area contributed by atoms with Crippen molar-refractivity contribution in [3.05, 3.63) is 11.7 Å². The molecule has 1 aromatic heterocycles. The Bertz CT molecular complexity index is 318. The van der Waals surface area contributed by atoms with Crippen molar-refractivity contribution in [1.82, 2.24) is 10.1 Å². The highest BCUT2D eigenvalue weighted by Gasteiger charge is 2.35. The average Bonchev–Trinajstić information content (AvgIpc) is 2.69. The Labute approximate surface area is 89.0 Å². The van der Waals surface area contributed by atoms with E-state index in [2.05, 4.69) is 17.1 Å². The number of rotatable bonds is 3. The molecule has 1 aromatic rings. The van der Waals surface area contributed by atoms with Crippen LogP contribution in [0.25, 0.3) is 0 Å². The summed E-state index contributed by atoms with van der Waals surface area (Å²) >= 11 is 0. The summed E-state index contributed by atoms with van der Waals surface area (Å²) in [5.41, 5.74) is 5.32. The largest absolute Gasteiger partial charge is 0.380 e. The molecule has 1 saturated heterocycles. The summed E-state index contributed by atoms with van der Waals surface area (Å²) in [5, 5.41) is 3.90. The second-order valence-corrected chi connectivity index (χ2v) is 4.27. The second kappa shape index (κ2) is 4.28. The Morgan fingerprint density at radius 2 is 2.40 bits per heavy atom. The van der Waals surface area contributed by atoms with Gasteiger partial charge in [-0.3, -0.25) is 0 Å². The molecule has 84 valence electrons. The summed E-state index contributed by atoms with van der Waals surface area (Å²) in [4.78, 5) is 4.36. The molecule has 2 rings (SSSR count). The molecule has 2 heterocycles. The fourth-order valence-corrected chi connectivity index (χ4v) is 1.83. The highest BCUT2D eigenvalue weighted by atomic mass is 16.5. The first-order chi connectivity index (χ1) is 7.24. The van der Waals surface area contributed by atoms with E-state index in [-0.39, 0.29) is 5.41 Å². The minimum Gasteiger partial charge on any atom is -0.380 e. The van der Waals surface area contributed by atoms with Crippen LogP contribution in [-0.4, -0.2) is 29.9 Å². The fraction of sp³-hybridized carbons (Fsp3) is 0.800. The lowest BCUT2D eigenvalue weighted by Crippen LogP contribution is -2.33. The van der Waals surface area contributed by atoms with Crippen LogP contribution in [0.4, 0.5) is 0 Å². The van der Waals surface area contributed by atoms with Crippen LogP contribution in [-0.2, 0) is 16.6 Å². The van der Waals surface area contributed by atoms with Gasteiger partial charge in [0.2, 0.25) is 5.89 Å². The van der Waals surface area contributed by atoms with E-state index in [4.69, 9.17) is 15.0 Å². The molecule has 1 fully saturated rings. The maximum absolute atomic E-state index is 5.46. The molecule has 0 aromatic carbocycles. The molecule has 0 radical (unpaired) electrons. The molecule has 0 amide bonds. The standard InChI is InChI=1S/C10H17N3O2/c1-10(4-2-6-14-7-10)9-12-8(3-5-11)13-15-9/h2-7,11H2,1H3. The summed E-state index contributed by atoms with van der Waals surface area (Å²) in [6, 6.07) is 0. The number of hydrogen-bond donors (Lipinski definition) is 1. The highest BCUT2D eigenvalue weighted by molar-refractivity contribution is 5.04. The van der Waals surface area contributed by atoms with Gasteiger partial charge in [0.1, 0.15) is 0 Å². The molecule has 1 atom stereocenters. The summed E-state index contributed by atoms with van der Waals surface area (Å²) in [5.74, 6) is 1.38. The van der Waals surface area contributed by atoms with E-state index in [1.54, 1.807) is 0 Å². The van der Waals surface area contributed by atoms with Gasteiger partial charge in [-0.15, -0.1) is 0 Å². The average molecular weight is 211 g/mol. The third-order valence-corrected chi connectivity index (χ3v) is 2.79. The summed E-state index contributed by atoms with van der Waals surface area (Å²) in [6.45, 7) is 4.15. The van der Waals surface area contributed by atoms with Crippen LogP contribution in [0.3, 0.4) is 0 Å². The van der Waals surface area contributed by atoms with Crippen LogP contribution in [0.15, 0.2) is 4.52 Å². The van der Waals surface area contributed by atoms with E-state index in [0.717, 1.165) is 19.4 Å². The zero-order chi connectivity index (χ0) is 10.7. The Morgan fingerprint density at radius 1 is 1.53 bits per heavy atom. The maximum atomic E-state index is 5.46. The van der Waals surface area contributed by atoms with Gasteiger partial charge in [0, 0.05) is 13.0 Å². The first kappa shape index (κ1) is 10.6. The Balaban J connectivity index is 2.12. The first-order valence-corrected chi connectivity index (χ1v) is 5.35. The molecule has 0 aliphatic carbocycles. The predicted octanol–water partition coefficient (Wildman–Crippen LogP) is 0.639. The zero-order valence-corrected chi connectivity index (χ0v) is 9.03. The molecule has 5 nitrogen and oxygen atoms in total. The van der Waals surface area contributed by atoms with Crippen LogP contribution in [0.2, 0.25) is 0 Å². The number of ether oxygens (including phenoxy) is 1. The lowest BCUT2D eigenvalue weighted by Gasteiger charge is -2.29. The zero-order valence-electron chi connectivity index (χ0n) is 9.03. The van der Waals surface area contributed by atoms with Gasteiger partial charge in [-0.2, -0.15) is 4.98 Å². The van der Waals surface area contributed by atoms with Gasteiger partial charge in [0.05, 0.1) is 12.0 Å². The van der Waals surface area contributed by atoms with Gasteiger partial charge in [-0.05, 0) is 26.3 Å². The van der Waals surface area contributed by atoms with E-state index in [9.17, 15) is 0 Å². The summed E-state index contributed by atoms with van der Waals surface area (Å²) in [6.07, 6.45) is 2.75. The van der Waals surface area contributed by atoms with E-state index < -0.39 is 0 Å². The number of nitrogens with two attached hydrogens (primary N) is 1. The van der Waals surface area contributed by atoms with Crippen molar-refractivity contribution in [3.63, 3.8) is 0 Å². The number of nitrogens with zero attached hydrogens (tertiary/aromatic N) is 2. The van der Waals surface area contributed by atoms with Crippen molar-refractivity contribution in [2.75, 3.05) is 19.8 Å². The van der Waals surface area contributed by atoms with Crippen molar-refractivity contribution in [3.8, 4) is 0 Å². The van der Waals surface area contributed by atoms with Gasteiger partial charge in [0.25, 0.3) is 0 Å². The summed E-state index contributed by atoms with van der Waals surface area (Å²) < 4.78 is 10.7. The molecule has 15 heavy (non-hydrogen) atoms. The highest BCUT2D eigenvalue weighted by Crippen LogP contribution is 2.31. The Hall–Kier alpha value is -0.940. The minimum atomic E-state index is -0.113. The van der Waals surface area contributed by atoms with E-state index >= 15 is 0 Å². The summed E-state index contributed by atoms with van der Waals surface area (Å²) in [7, 11) is 0. The molecule has 1 unspecified atom stereocenters. The number of hydrogen-bond acceptors (Lipinski definition) is 5. The molecule has 0 bridgehead atoms. The van der Waals surface area contributed by atoms with Gasteiger partial charge >= 0.3 is 0 Å². The molecule has 1 aliphatic rings. The van der Waals surface area contributed by atoms with Crippen molar-refractivity contribution in [2.24, 2.45) is 5.73 Å². The number of aromatic nitrogens is 2. The lowest BCUT2D eigenvalue weighted by molar-refractivity contribution is 0.0282. The molecule has 0 saturated carbocycles. The van der Waals surface area contributed by atoms with Crippen LogP contribution in [0.5, 0.6) is 0 Å². The lowest BCUT2D eigenvalue weighted by atomic mass is 9.85. The molecule has 2 N–H and O–H groups in total. The van der Waals surface area contributed by atoms with Gasteiger partial charge < -0.3 is 15.0 Å². The molecule has 5 heteroatoms. The smallest absolute Gasteiger partial charge is 0.234 e. The van der Waals surface area contributed by atoms with Crippen molar-refractivity contribution < 1.29 is 9.26 Å². The third kappa shape index (κ3) is 2.18. The van der Waals surface area contributed by atoms with Gasteiger partial charge in [-0.1, -0.05) is 5.16 Å². The van der Waals surface area contributed by atoms with Crippen molar-refractivity contribution >= 4 is 0 Å². The van der Waals surface area contributed by atoms with Crippen LogP contribution >= 0.6 is 0 Å². The quantitative estimate of drug-likeness (QED) is 0.794. The predicted molar refractivity (Wildman–Crippen MR) is 54.5 cm³/mol. The molecular formula is C10H17N3O2. The SMILES string of the molecule is CC1(c2nc(CCN)no2)CCCOC1. The van der Waals surface area contributed by atoms with Crippen LogP contribution in [0, 0.1) is 0 Å². The normalized spacial score (nSPS) is 26.8. The third-order valence-electron chi connectivity index (χ3n) is 2.79. The first-order valence-electron chi connectivity index (χ1n) is 5.35. The maximum Gasteiger partial charge on any atom is 0.234 e.